The predicted molar refractivity (Wildman–Crippen MR) is 115 cm³/mol. The molecule has 0 unspecified atom stereocenters. The number of benzene rings is 1. The fourth-order valence-corrected chi connectivity index (χ4v) is 4.20. The van der Waals surface area contributed by atoms with E-state index >= 15 is 0 Å². The maximum Gasteiger partial charge on any atom is 0.410 e. The lowest BCUT2D eigenvalue weighted by Crippen LogP contribution is -2.39. The molecular formula is C22H31NO5S. The van der Waals surface area contributed by atoms with E-state index in [0.29, 0.717) is 13.2 Å². The van der Waals surface area contributed by atoms with Gasteiger partial charge >= 0.3 is 12.1 Å². The summed E-state index contributed by atoms with van der Waals surface area (Å²) in [5.41, 5.74) is 0.631. The number of ether oxygens (including phenoxy) is 3. The third kappa shape index (κ3) is 7.65. The Morgan fingerprint density at radius 2 is 1.93 bits per heavy atom. The van der Waals surface area contributed by atoms with Crippen molar-refractivity contribution in [3.05, 3.63) is 42.0 Å². The number of hydrogen-bond donors (Lipinski definition) is 0. The van der Waals surface area contributed by atoms with Gasteiger partial charge < -0.3 is 19.1 Å². The molecule has 160 valence electrons. The van der Waals surface area contributed by atoms with Gasteiger partial charge in [-0.05, 0) is 51.8 Å². The Morgan fingerprint density at radius 1 is 1.24 bits per heavy atom. The SMILES string of the molecule is CCOC(=O)/C=C/[C@@H]1C[C@@H](SCc2ccc(OC)cc2)CN1C(=O)OC(C)(C)C. The van der Waals surface area contributed by atoms with Gasteiger partial charge in [-0.2, -0.15) is 11.8 Å². The van der Waals surface area contributed by atoms with Crippen molar-refractivity contribution in [2.24, 2.45) is 0 Å². The van der Waals surface area contributed by atoms with E-state index in [4.69, 9.17) is 14.2 Å². The minimum absolute atomic E-state index is 0.192. The van der Waals surface area contributed by atoms with Gasteiger partial charge in [-0.15, -0.1) is 0 Å². The number of likely N-dealkylation sites (tertiary alicyclic amines) is 1. The van der Waals surface area contributed by atoms with Crippen molar-refractivity contribution in [3.8, 4) is 5.75 Å². The summed E-state index contributed by atoms with van der Waals surface area (Å²) in [6.45, 7) is 8.21. The van der Waals surface area contributed by atoms with Gasteiger partial charge in [0.1, 0.15) is 11.4 Å². The first-order chi connectivity index (χ1) is 13.7. The number of rotatable bonds is 7. The van der Waals surface area contributed by atoms with Gasteiger partial charge in [-0.25, -0.2) is 9.59 Å². The van der Waals surface area contributed by atoms with Crippen molar-refractivity contribution >= 4 is 23.8 Å². The summed E-state index contributed by atoms with van der Waals surface area (Å²) < 4.78 is 15.7. The Bertz CT molecular complexity index is 711. The third-order valence-corrected chi connectivity index (χ3v) is 5.63. The fourth-order valence-electron chi connectivity index (χ4n) is 2.98. The quantitative estimate of drug-likeness (QED) is 0.479. The Balaban J connectivity index is 2.02. The van der Waals surface area contributed by atoms with Crippen LogP contribution in [0.15, 0.2) is 36.4 Å². The van der Waals surface area contributed by atoms with Crippen molar-refractivity contribution in [2.75, 3.05) is 20.3 Å². The second-order valence-corrected chi connectivity index (χ2v) is 9.12. The number of amides is 1. The Morgan fingerprint density at radius 3 is 2.52 bits per heavy atom. The van der Waals surface area contributed by atoms with Crippen LogP contribution in [0.4, 0.5) is 4.79 Å². The molecule has 0 spiro atoms. The molecular weight excluding hydrogens is 390 g/mol. The summed E-state index contributed by atoms with van der Waals surface area (Å²) in [6, 6.07) is 7.79. The van der Waals surface area contributed by atoms with Gasteiger partial charge in [-0.1, -0.05) is 18.2 Å². The number of carbonyl (C=O) groups excluding carboxylic acids is 2. The first-order valence-corrected chi connectivity index (χ1v) is 10.9. The van der Waals surface area contributed by atoms with Crippen LogP contribution < -0.4 is 4.74 Å². The average Bonchev–Trinajstić information content (AvgIpc) is 3.07. The second-order valence-electron chi connectivity index (χ2n) is 7.83. The third-order valence-electron chi connectivity index (χ3n) is 4.32. The molecule has 1 aliphatic rings. The van der Waals surface area contributed by atoms with E-state index in [1.807, 2.05) is 45.0 Å². The first-order valence-electron chi connectivity index (χ1n) is 9.81. The van der Waals surface area contributed by atoms with E-state index in [1.165, 1.54) is 11.6 Å². The lowest BCUT2D eigenvalue weighted by Gasteiger charge is -2.27. The van der Waals surface area contributed by atoms with Gasteiger partial charge in [-0.3, -0.25) is 0 Å². The van der Waals surface area contributed by atoms with Gasteiger partial charge in [0.25, 0.3) is 0 Å². The van der Waals surface area contributed by atoms with Crippen LogP contribution >= 0.6 is 11.8 Å². The summed E-state index contributed by atoms with van der Waals surface area (Å²) in [5, 5.41) is 0.251. The average molecular weight is 422 g/mol. The van der Waals surface area contributed by atoms with Crippen LogP contribution in [0, 0.1) is 0 Å². The van der Waals surface area contributed by atoms with Crippen LogP contribution in [0.5, 0.6) is 5.75 Å². The normalized spacial score (nSPS) is 19.4. The van der Waals surface area contributed by atoms with Crippen molar-refractivity contribution in [1.82, 2.24) is 4.90 Å². The highest BCUT2D eigenvalue weighted by Crippen LogP contribution is 2.32. The number of hydrogen-bond acceptors (Lipinski definition) is 6. The molecule has 1 heterocycles. The van der Waals surface area contributed by atoms with Gasteiger partial charge in [0.2, 0.25) is 0 Å². The molecule has 1 saturated heterocycles. The van der Waals surface area contributed by atoms with E-state index in [1.54, 1.807) is 36.8 Å². The topological polar surface area (TPSA) is 65.1 Å². The minimum Gasteiger partial charge on any atom is -0.497 e. The Kier molecular flexibility index (Phi) is 8.44. The molecule has 1 aromatic rings. The highest BCUT2D eigenvalue weighted by Gasteiger charge is 2.36. The highest BCUT2D eigenvalue weighted by atomic mass is 32.2. The van der Waals surface area contributed by atoms with Crippen molar-refractivity contribution < 1.29 is 23.8 Å². The number of nitrogens with zero attached hydrogens (tertiary/aromatic N) is 1. The number of methoxy groups -OCH3 is 1. The zero-order valence-corrected chi connectivity index (χ0v) is 18.7. The molecule has 7 heteroatoms. The van der Waals surface area contributed by atoms with Crippen LogP contribution in [0.25, 0.3) is 0 Å². The van der Waals surface area contributed by atoms with Crippen molar-refractivity contribution in [1.29, 1.82) is 0 Å². The van der Waals surface area contributed by atoms with E-state index in [9.17, 15) is 9.59 Å². The van der Waals surface area contributed by atoms with Crippen LogP contribution in [0.1, 0.15) is 39.7 Å². The van der Waals surface area contributed by atoms with Crippen LogP contribution in [-0.2, 0) is 20.0 Å². The minimum atomic E-state index is -0.569. The zero-order valence-electron chi connectivity index (χ0n) is 17.8. The molecule has 0 radical (unpaired) electrons. The summed E-state index contributed by atoms with van der Waals surface area (Å²) in [7, 11) is 1.65. The number of esters is 1. The molecule has 6 nitrogen and oxygen atoms in total. The fraction of sp³-hybridized carbons (Fsp3) is 0.545. The molecule has 1 amide bonds. The van der Waals surface area contributed by atoms with E-state index < -0.39 is 11.6 Å². The monoisotopic (exact) mass is 421 g/mol. The van der Waals surface area contributed by atoms with Crippen molar-refractivity contribution in [2.45, 2.75) is 56.8 Å². The molecule has 1 aliphatic heterocycles. The number of thioether (sulfide) groups is 1. The largest absolute Gasteiger partial charge is 0.497 e. The predicted octanol–water partition coefficient (Wildman–Crippen LogP) is 4.43. The maximum absolute atomic E-state index is 12.7. The lowest BCUT2D eigenvalue weighted by atomic mass is 10.2. The smallest absolute Gasteiger partial charge is 0.410 e. The van der Waals surface area contributed by atoms with Crippen molar-refractivity contribution in [3.63, 3.8) is 0 Å². The summed E-state index contributed by atoms with van der Waals surface area (Å²) in [4.78, 5) is 26.1. The van der Waals surface area contributed by atoms with Gasteiger partial charge in [0, 0.05) is 23.6 Å². The molecule has 29 heavy (non-hydrogen) atoms. The molecule has 2 atom stereocenters. The second kappa shape index (κ2) is 10.6. The summed E-state index contributed by atoms with van der Waals surface area (Å²) in [5.74, 6) is 1.27. The molecule has 1 aromatic carbocycles. The molecule has 0 bridgehead atoms. The summed E-state index contributed by atoms with van der Waals surface area (Å²) >= 11 is 1.80. The number of carbonyl (C=O) groups is 2. The van der Waals surface area contributed by atoms with E-state index in [-0.39, 0.29) is 17.4 Å². The van der Waals surface area contributed by atoms with Crippen LogP contribution in [0.2, 0.25) is 0 Å². The zero-order chi connectivity index (χ0) is 21.4. The lowest BCUT2D eigenvalue weighted by molar-refractivity contribution is -0.137. The molecule has 1 fully saturated rings. The summed E-state index contributed by atoms with van der Waals surface area (Å²) in [6.07, 6.45) is 3.55. The van der Waals surface area contributed by atoms with Gasteiger partial charge in [0.05, 0.1) is 19.8 Å². The van der Waals surface area contributed by atoms with Crippen LogP contribution in [0.3, 0.4) is 0 Å². The maximum atomic E-state index is 12.7. The van der Waals surface area contributed by atoms with Crippen LogP contribution in [-0.4, -0.2) is 54.1 Å². The molecule has 0 aliphatic carbocycles. The highest BCUT2D eigenvalue weighted by molar-refractivity contribution is 7.99. The molecule has 2 rings (SSSR count). The molecule has 0 aromatic heterocycles. The standard InChI is InChI=1S/C22H31NO5S/c1-6-27-20(24)12-9-17-13-19(14-23(17)21(25)28-22(2,3)4)29-15-16-7-10-18(26-5)11-8-16/h7-12,17,19H,6,13-15H2,1-5H3/b12-9+/t17-,19-/m1/s1. The Hall–Kier alpha value is -2.15. The molecule has 0 saturated carbocycles. The van der Waals surface area contributed by atoms with E-state index in [0.717, 1.165) is 17.9 Å². The molecule has 0 N–H and O–H groups in total. The van der Waals surface area contributed by atoms with E-state index in [2.05, 4.69) is 0 Å². The first kappa shape index (κ1) is 23.1. The Labute approximate surface area is 177 Å². The van der Waals surface area contributed by atoms with Gasteiger partial charge in [0.15, 0.2) is 0 Å².